The molecule has 0 spiro atoms. The molecule has 1 aromatic carbocycles. The molecule has 0 unspecified atom stereocenters. The van der Waals surface area contributed by atoms with E-state index in [1.165, 1.54) is 37.3 Å². The molecule has 2 rings (SSSR count). The number of carbonyl (C=O) groups excluding carboxylic acids is 2. The van der Waals surface area contributed by atoms with Crippen molar-refractivity contribution in [3.63, 3.8) is 0 Å². The Labute approximate surface area is 123 Å². The molecule has 0 radical (unpaired) electrons. The molecular formula is C13H9ClN2O5. The molecule has 0 aliphatic heterocycles. The lowest BCUT2D eigenvalue weighted by molar-refractivity contribution is -0.384. The van der Waals surface area contributed by atoms with E-state index < -0.39 is 16.7 Å². The normalized spacial score (nSPS) is 10.2. The van der Waals surface area contributed by atoms with E-state index in [2.05, 4.69) is 0 Å². The molecule has 108 valence electrons. The zero-order chi connectivity index (χ0) is 15.6. The lowest BCUT2D eigenvalue weighted by Gasteiger charge is -2.01. The molecule has 0 fully saturated rings. The van der Waals surface area contributed by atoms with Crippen LogP contribution < -0.4 is 5.32 Å². The van der Waals surface area contributed by atoms with Crippen LogP contribution >= 0.6 is 11.6 Å². The van der Waals surface area contributed by atoms with Crippen LogP contribution in [-0.2, 0) is 4.79 Å². The molecule has 0 aliphatic rings. The molecule has 8 heteroatoms. The Morgan fingerprint density at radius 2 is 2.00 bits per heavy atom. The number of nitro groups is 1. The van der Waals surface area contributed by atoms with Crippen LogP contribution in [-0.4, -0.2) is 16.7 Å². The van der Waals surface area contributed by atoms with Crippen LogP contribution in [0, 0.1) is 10.1 Å². The van der Waals surface area contributed by atoms with Gasteiger partial charge in [-0.15, -0.1) is 0 Å². The summed E-state index contributed by atoms with van der Waals surface area (Å²) in [5, 5.41) is 13.3. The van der Waals surface area contributed by atoms with Gasteiger partial charge in [0.05, 0.1) is 10.5 Å². The minimum absolute atomic E-state index is 0.121. The minimum atomic E-state index is -0.717. The van der Waals surface area contributed by atoms with Gasteiger partial charge in [-0.2, -0.15) is 0 Å². The van der Waals surface area contributed by atoms with Crippen molar-refractivity contribution in [1.29, 1.82) is 0 Å². The van der Waals surface area contributed by atoms with Gasteiger partial charge in [0, 0.05) is 18.0 Å². The van der Waals surface area contributed by atoms with Gasteiger partial charge in [0.1, 0.15) is 5.76 Å². The van der Waals surface area contributed by atoms with Crippen LogP contribution in [0.1, 0.15) is 17.5 Å². The first kappa shape index (κ1) is 14.7. The maximum atomic E-state index is 11.6. The van der Waals surface area contributed by atoms with Gasteiger partial charge in [-0.25, -0.2) is 0 Å². The van der Waals surface area contributed by atoms with Crippen molar-refractivity contribution in [2.75, 3.05) is 0 Å². The second kappa shape index (κ2) is 5.76. The van der Waals surface area contributed by atoms with E-state index in [1.807, 2.05) is 5.32 Å². The van der Waals surface area contributed by atoms with E-state index in [1.54, 1.807) is 0 Å². The van der Waals surface area contributed by atoms with E-state index >= 15 is 0 Å². The number of hydrogen-bond acceptors (Lipinski definition) is 5. The second-order valence-corrected chi connectivity index (χ2v) is 4.53. The lowest BCUT2D eigenvalue weighted by atomic mass is 10.1. The number of rotatable bonds is 3. The Hall–Kier alpha value is -2.67. The standard InChI is InChI=1S/C13H9ClN2O5/c1-7(17)15-13(18)12-5-4-11(21-12)9-3-2-8(14)6-10(9)16(19)20/h2-6H,1H3,(H,15,17,18). The number of nitrogens with zero attached hydrogens (tertiary/aromatic N) is 1. The fraction of sp³-hybridized carbons (Fsp3) is 0.0769. The topological polar surface area (TPSA) is 102 Å². The SMILES string of the molecule is CC(=O)NC(=O)c1ccc(-c2ccc(Cl)cc2[N+](=O)[O-])o1. The van der Waals surface area contributed by atoms with Gasteiger partial charge in [-0.3, -0.25) is 25.0 Å². The van der Waals surface area contributed by atoms with Crippen LogP contribution in [0.2, 0.25) is 5.02 Å². The van der Waals surface area contributed by atoms with Crippen molar-refractivity contribution in [2.45, 2.75) is 6.92 Å². The molecule has 0 bridgehead atoms. The number of nitro benzene ring substituents is 1. The number of carbonyl (C=O) groups is 2. The van der Waals surface area contributed by atoms with E-state index in [4.69, 9.17) is 16.0 Å². The molecule has 2 amide bonds. The Kier molecular flexibility index (Phi) is 4.04. The fourth-order valence-electron chi connectivity index (χ4n) is 1.69. The summed E-state index contributed by atoms with van der Waals surface area (Å²) >= 11 is 5.72. The number of nitrogens with one attached hydrogen (secondary N) is 1. The summed E-state index contributed by atoms with van der Waals surface area (Å²) in [5.41, 5.74) is -0.0540. The third-order valence-corrected chi connectivity index (χ3v) is 2.78. The second-order valence-electron chi connectivity index (χ2n) is 4.09. The van der Waals surface area contributed by atoms with Gasteiger partial charge in [0.2, 0.25) is 5.91 Å². The molecule has 7 nitrogen and oxygen atoms in total. The predicted octanol–water partition coefficient (Wildman–Crippen LogP) is 2.78. The van der Waals surface area contributed by atoms with Crippen molar-refractivity contribution in [3.8, 4) is 11.3 Å². The highest BCUT2D eigenvalue weighted by atomic mass is 35.5. The van der Waals surface area contributed by atoms with Crippen LogP contribution in [0.15, 0.2) is 34.7 Å². The van der Waals surface area contributed by atoms with Crippen LogP contribution in [0.5, 0.6) is 0 Å². The highest BCUT2D eigenvalue weighted by Crippen LogP contribution is 2.33. The zero-order valence-corrected chi connectivity index (χ0v) is 11.5. The fourth-order valence-corrected chi connectivity index (χ4v) is 1.86. The van der Waals surface area contributed by atoms with Crippen molar-refractivity contribution in [2.24, 2.45) is 0 Å². The summed E-state index contributed by atoms with van der Waals surface area (Å²) in [4.78, 5) is 32.8. The molecule has 1 heterocycles. The molecule has 0 saturated heterocycles. The van der Waals surface area contributed by atoms with Crippen molar-refractivity contribution in [1.82, 2.24) is 5.32 Å². The highest BCUT2D eigenvalue weighted by molar-refractivity contribution is 6.30. The number of benzene rings is 1. The molecule has 21 heavy (non-hydrogen) atoms. The molecule has 0 saturated carbocycles. The number of furan rings is 1. The first-order valence-electron chi connectivity index (χ1n) is 5.74. The average molecular weight is 309 g/mol. The largest absolute Gasteiger partial charge is 0.451 e. The molecule has 1 aromatic heterocycles. The van der Waals surface area contributed by atoms with Crippen LogP contribution in [0.25, 0.3) is 11.3 Å². The Morgan fingerprint density at radius 3 is 2.62 bits per heavy atom. The summed E-state index contributed by atoms with van der Waals surface area (Å²) in [5.74, 6) is -1.24. The zero-order valence-electron chi connectivity index (χ0n) is 10.8. The van der Waals surface area contributed by atoms with Crippen molar-refractivity contribution < 1.29 is 18.9 Å². The summed E-state index contributed by atoms with van der Waals surface area (Å²) in [6.07, 6.45) is 0. The number of amides is 2. The quantitative estimate of drug-likeness (QED) is 0.693. The van der Waals surface area contributed by atoms with Gasteiger partial charge in [-0.05, 0) is 24.3 Å². The first-order chi connectivity index (χ1) is 9.88. The van der Waals surface area contributed by atoms with E-state index in [-0.39, 0.29) is 27.8 Å². The van der Waals surface area contributed by atoms with Gasteiger partial charge in [0.15, 0.2) is 5.76 Å². The summed E-state index contributed by atoms with van der Waals surface area (Å²) in [7, 11) is 0. The number of halogens is 1. The molecule has 0 atom stereocenters. The summed E-state index contributed by atoms with van der Waals surface area (Å²) < 4.78 is 5.25. The third kappa shape index (κ3) is 3.26. The number of hydrogen-bond donors (Lipinski definition) is 1. The van der Waals surface area contributed by atoms with E-state index in [0.29, 0.717) is 0 Å². The van der Waals surface area contributed by atoms with Crippen molar-refractivity contribution >= 4 is 29.1 Å². The summed E-state index contributed by atoms with van der Waals surface area (Å²) in [6.45, 7) is 1.19. The molecule has 1 N–H and O–H groups in total. The maximum Gasteiger partial charge on any atom is 0.293 e. The first-order valence-corrected chi connectivity index (χ1v) is 6.12. The lowest BCUT2D eigenvalue weighted by Crippen LogP contribution is -2.27. The van der Waals surface area contributed by atoms with Gasteiger partial charge in [0.25, 0.3) is 11.6 Å². The highest BCUT2D eigenvalue weighted by Gasteiger charge is 2.20. The Morgan fingerprint density at radius 1 is 1.29 bits per heavy atom. The average Bonchev–Trinajstić information content (AvgIpc) is 2.87. The maximum absolute atomic E-state index is 11.6. The molecular weight excluding hydrogens is 300 g/mol. The van der Waals surface area contributed by atoms with Gasteiger partial charge < -0.3 is 4.42 Å². The Balaban J connectivity index is 2.40. The van der Waals surface area contributed by atoms with Gasteiger partial charge in [-0.1, -0.05) is 11.6 Å². The predicted molar refractivity (Wildman–Crippen MR) is 74.0 cm³/mol. The van der Waals surface area contributed by atoms with Crippen LogP contribution in [0.3, 0.4) is 0 Å². The Bertz CT molecular complexity index is 738. The number of imide groups is 1. The summed E-state index contributed by atoms with van der Waals surface area (Å²) in [6, 6.07) is 6.82. The van der Waals surface area contributed by atoms with Gasteiger partial charge >= 0.3 is 0 Å². The van der Waals surface area contributed by atoms with E-state index in [9.17, 15) is 19.7 Å². The monoisotopic (exact) mass is 308 g/mol. The third-order valence-electron chi connectivity index (χ3n) is 2.54. The minimum Gasteiger partial charge on any atom is -0.451 e. The van der Waals surface area contributed by atoms with E-state index in [0.717, 1.165) is 0 Å². The molecule has 2 aromatic rings. The van der Waals surface area contributed by atoms with Crippen molar-refractivity contribution in [3.05, 3.63) is 51.2 Å². The molecule has 0 aliphatic carbocycles. The smallest absolute Gasteiger partial charge is 0.293 e. The van der Waals surface area contributed by atoms with Crippen LogP contribution in [0.4, 0.5) is 5.69 Å².